The minimum Gasteiger partial charge on any atom is -0.367 e. The molecule has 4 heterocycles. The molecule has 11 heteroatoms. The van der Waals surface area contributed by atoms with E-state index in [2.05, 4.69) is 16.2 Å². The molecule has 0 aromatic carbocycles. The summed E-state index contributed by atoms with van der Waals surface area (Å²) in [5, 5.41) is 14.6. The molecule has 8 rings (SSSR count). The van der Waals surface area contributed by atoms with E-state index in [0.717, 1.165) is 18.4 Å². The lowest BCUT2D eigenvalue weighted by atomic mass is 9.33. The molecular formula is C26H26F3N7O. The lowest BCUT2D eigenvalue weighted by Crippen LogP contribution is -2.70. The van der Waals surface area contributed by atoms with E-state index in [-0.39, 0.29) is 31.5 Å². The first-order valence-electron chi connectivity index (χ1n) is 12.7. The number of fused-ring (bicyclic) bond motifs is 1. The van der Waals surface area contributed by atoms with Crippen molar-refractivity contribution in [1.82, 2.24) is 24.7 Å². The Bertz CT molecular complexity index is 1450. The second kappa shape index (κ2) is 7.40. The fourth-order valence-electron chi connectivity index (χ4n) is 6.49. The van der Waals surface area contributed by atoms with E-state index >= 15 is 0 Å². The first kappa shape index (κ1) is 22.9. The van der Waals surface area contributed by atoms with E-state index in [1.807, 2.05) is 28.9 Å². The van der Waals surface area contributed by atoms with E-state index in [9.17, 15) is 18.4 Å². The molecule has 1 saturated heterocycles. The molecule has 0 unspecified atom stereocenters. The maximum absolute atomic E-state index is 13.6. The molecular weight excluding hydrogens is 483 g/mol. The number of morpholine rings is 1. The van der Waals surface area contributed by atoms with Crippen LogP contribution in [0.2, 0.25) is 0 Å². The summed E-state index contributed by atoms with van der Waals surface area (Å²) in [4.78, 5) is 16.3. The normalized spacial score (nSPS) is 31.1. The largest absolute Gasteiger partial charge is 0.394 e. The number of rotatable bonds is 4. The minimum absolute atomic E-state index is 0.0211. The molecule has 37 heavy (non-hydrogen) atoms. The van der Waals surface area contributed by atoms with Crippen LogP contribution < -0.4 is 4.90 Å². The van der Waals surface area contributed by atoms with Crippen LogP contribution in [0.3, 0.4) is 0 Å². The van der Waals surface area contributed by atoms with Crippen LogP contribution in [0, 0.1) is 23.7 Å². The zero-order valence-corrected chi connectivity index (χ0v) is 20.6. The summed E-state index contributed by atoms with van der Waals surface area (Å²) in [6.07, 6.45) is 1.68. The van der Waals surface area contributed by atoms with Crippen LogP contribution >= 0.6 is 0 Å². The second-order valence-corrected chi connectivity index (χ2v) is 11.4. The molecule has 4 saturated carbocycles. The second-order valence-electron chi connectivity index (χ2n) is 11.4. The number of ether oxygens (including phenoxy) is 1. The molecule has 1 aliphatic heterocycles. The van der Waals surface area contributed by atoms with Crippen LogP contribution in [0.1, 0.15) is 73.7 Å². The van der Waals surface area contributed by atoms with Crippen molar-refractivity contribution in [3.63, 3.8) is 0 Å². The van der Waals surface area contributed by atoms with Crippen molar-refractivity contribution in [2.24, 2.45) is 5.41 Å². The van der Waals surface area contributed by atoms with Crippen LogP contribution in [0.25, 0.3) is 11.0 Å². The number of nitriles is 1. The Morgan fingerprint density at radius 3 is 2.57 bits per heavy atom. The van der Waals surface area contributed by atoms with Crippen LogP contribution in [-0.2, 0) is 10.2 Å². The molecule has 4 aliphatic carbocycles. The van der Waals surface area contributed by atoms with Gasteiger partial charge in [0.1, 0.15) is 12.2 Å². The maximum Gasteiger partial charge on any atom is 0.394 e. The lowest BCUT2D eigenvalue weighted by molar-refractivity contribution is -0.337. The Labute approximate surface area is 211 Å². The monoisotopic (exact) mass is 509 g/mol. The van der Waals surface area contributed by atoms with Gasteiger partial charge in [0.05, 0.1) is 47.3 Å². The Morgan fingerprint density at radius 1 is 1.14 bits per heavy atom. The molecule has 3 aromatic rings. The van der Waals surface area contributed by atoms with Crippen molar-refractivity contribution >= 4 is 17.0 Å². The van der Waals surface area contributed by atoms with Gasteiger partial charge in [-0.15, -0.1) is 0 Å². The van der Waals surface area contributed by atoms with Crippen molar-refractivity contribution in [1.29, 1.82) is 5.26 Å². The highest BCUT2D eigenvalue weighted by Crippen LogP contribution is 2.78. The molecule has 0 spiro atoms. The highest BCUT2D eigenvalue weighted by molar-refractivity contribution is 5.82. The highest BCUT2D eigenvalue weighted by atomic mass is 19.4. The molecule has 5 aliphatic rings. The molecule has 5 fully saturated rings. The maximum atomic E-state index is 13.6. The van der Waals surface area contributed by atoms with Crippen LogP contribution in [0.4, 0.5) is 19.1 Å². The standard InChI is InChI=1S/C26H26F3N7O/c1-14-8-35(10-20(37-14)17-7-31-36(9-17)18-3-4-18)23-33-21(24-11-25(12-24,13-24)26(27,28)29)19-5-16(6-30)15(2)32-22(19)34-23/h5,7,9,14,18,20H,3-4,8,10-13H2,1-2H3/t14-,20-,24?,25?/m1/s1. The highest BCUT2D eigenvalue weighted by Gasteiger charge is 2.79. The summed E-state index contributed by atoms with van der Waals surface area (Å²) in [7, 11) is 0. The van der Waals surface area contributed by atoms with Gasteiger partial charge in [0.25, 0.3) is 0 Å². The third-order valence-electron chi connectivity index (χ3n) is 8.58. The average Bonchev–Trinajstić information content (AvgIpc) is 3.51. The number of aryl methyl sites for hydroxylation is 1. The van der Waals surface area contributed by atoms with Gasteiger partial charge < -0.3 is 9.64 Å². The molecule has 0 radical (unpaired) electrons. The zero-order chi connectivity index (χ0) is 25.7. The summed E-state index contributed by atoms with van der Waals surface area (Å²) >= 11 is 0. The van der Waals surface area contributed by atoms with Gasteiger partial charge in [0.2, 0.25) is 5.95 Å². The quantitative estimate of drug-likeness (QED) is 0.504. The van der Waals surface area contributed by atoms with Crippen molar-refractivity contribution in [2.75, 3.05) is 18.0 Å². The van der Waals surface area contributed by atoms with Crippen LogP contribution in [0.15, 0.2) is 18.5 Å². The smallest absolute Gasteiger partial charge is 0.367 e. The predicted molar refractivity (Wildman–Crippen MR) is 127 cm³/mol. The van der Waals surface area contributed by atoms with E-state index in [0.29, 0.717) is 53.1 Å². The van der Waals surface area contributed by atoms with E-state index in [1.54, 1.807) is 13.0 Å². The number of aromatic nitrogens is 5. The van der Waals surface area contributed by atoms with Gasteiger partial charge in [-0.05, 0) is 52.0 Å². The molecule has 8 nitrogen and oxygen atoms in total. The van der Waals surface area contributed by atoms with Crippen molar-refractivity contribution in [3.8, 4) is 6.07 Å². The lowest BCUT2D eigenvalue weighted by Gasteiger charge is -2.70. The third-order valence-corrected chi connectivity index (χ3v) is 8.58. The fourth-order valence-corrected chi connectivity index (χ4v) is 6.49. The Kier molecular flexibility index (Phi) is 4.58. The molecule has 2 bridgehead atoms. The summed E-state index contributed by atoms with van der Waals surface area (Å²) in [5.74, 6) is 0.444. The Balaban J connectivity index is 1.27. The number of hydrogen-bond acceptors (Lipinski definition) is 7. The molecule has 0 N–H and O–H groups in total. The zero-order valence-electron chi connectivity index (χ0n) is 20.6. The van der Waals surface area contributed by atoms with Gasteiger partial charge >= 0.3 is 6.18 Å². The van der Waals surface area contributed by atoms with E-state index < -0.39 is 17.0 Å². The number of hydrogen-bond donors (Lipinski definition) is 0. The Hall–Kier alpha value is -3.26. The van der Waals surface area contributed by atoms with Gasteiger partial charge in [-0.2, -0.15) is 28.5 Å². The van der Waals surface area contributed by atoms with E-state index in [1.165, 1.54) is 0 Å². The topological polar surface area (TPSA) is 92.8 Å². The number of anilines is 1. The van der Waals surface area contributed by atoms with Gasteiger partial charge in [0.15, 0.2) is 5.65 Å². The van der Waals surface area contributed by atoms with Crippen LogP contribution in [0.5, 0.6) is 0 Å². The number of pyridine rings is 1. The SMILES string of the molecule is Cc1nc2nc(N3C[C@@H](C)O[C@@H](c4cnn(C5CC5)c4)C3)nc(C34CC(C(F)(F)F)(C3)C4)c2cc1C#N. The number of alkyl halides is 3. The fraction of sp³-hybridized carbons (Fsp3) is 0.577. The average molecular weight is 510 g/mol. The summed E-state index contributed by atoms with van der Waals surface area (Å²) in [6.45, 7) is 4.78. The van der Waals surface area contributed by atoms with Crippen molar-refractivity contribution < 1.29 is 17.9 Å². The number of halogens is 3. The van der Waals surface area contributed by atoms with Crippen LogP contribution in [-0.4, -0.2) is 50.1 Å². The molecule has 2 atom stereocenters. The van der Waals surface area contributed by atoms with Gasteiger partial charge in [-0.25, -0.2) is 9.97 Å². The summed E-state index contributed by atoms with van der Waals surface area (Å²) in [6, 6.07) is 4.29. The third kappa shape index (κ3) is 3.38. The minimum atomic E-state index is -4.22. The molecule has 3 aromatic heterocycles. The molecule has 0 amide bonds. The van der Waals surface area contributed by atoms with Gasteiger partial charge in [-0.1, -0.05) is 0 Å². The van der Waals surface area contributed by atoms with Gasteiger partial charge in [-0.3, -0.25) is 4.68 Å². The van der Waals surface area contributed by atoms with Crippen molar-refractivity contribution in [3.05, 3.63) is 41.0 Å². The number of nitrogens with zero attached hydrogens (tertiary/aromatic N) is 7. The first-order chi connectivity index (χ1) is 17.6. The molecule has 192 valence electrons. The van der Waals surface area contributed by atoms with E-state index in [4.69, 9.17) is 14.7 Å². The Morgan fingerprint density at radius 2 is 1.89 bits per heavy atom. The predicted octanol–water partition coefficient (Wildman–Crippen LogP) is 4.69. The van der Waals surface area contributed by atoms with Crippen molar-refractivity contribution in [2.45, 2.75) is 75.8 Å². The summed E-state index contributed by atoms with van der Waals surface area (Å²) in [5.41, 5.74) is 0.646. The van der Waals surface area contributed by atoms with Gasteiger partial charge in [0, 0.05) is 29.1 Å². The summed E-state index contributed by atoms with van der Waals surface area (Å²) < 4.78 is 49.2. The first-order valence-corrected chi connectivity index (χ1v) is 12.7.